The number of nitrogens with one attached hydrogen (secondary N) is 1. The zero-order chi connectivity index (χ0) is 18.9. The van der Waals surface area contributed by atoms with Gasteiger partial charge >= 0.3 is 0 Å². The van der Waals surface area contributed by atoms with E-state index in [-0.39, 0.29) is 5.91 Å². The van der Waals surface area contributed by atoms with Crippen LogP contribution >= 0.6 is 11.8 Å². The van der Waals surface area contributed by atoms with Crippen molar-refractivity contribution in [3.8, 4) is 0 Å². The average molecular weight is 381 g/mol. The summed E-state index contributed by atoms with van der Waals surface area (Å²) >= 11 is 1.36. The largest absolute Gasteiger partial charge is 0.300 e. The summed E-state index contributed by atoms with van der Waals surface area (Å²) in [6, 6.07) is 24.0. The minimum Gasteiger partial charge on any atom is -0.300 e. The van der Waals surface area contributed by atoms with Crippen LogP contribution in [-0.2, 0) is 4.79 Å². The number of nitrogens with zero attached hydrogens (tertiary/aromatic N) is 2. The average Bonchev–Trinajstić information content (AvgIpc) is 3.07. The van der Waals surface area contributed by atoms with Gasteiger partial charge in [-0.2, -0.15) is 0 Å². The molecule has 0 saturated carbocycles. The van der Waals surface area contributed by atoms with Gasteiger partial charge in [0.05, 0.1) is 16.1 Å². The second-order valence-electron chi connectivity index (χ2n) is 6.44. The molecule has 4 nitrogen and oxygen atoms in total. The molecule has 3 aromatic carbocycles. The monoisotopic (exact) mass is 381 g/mol. The number of fused-ring (bicyclic) bond motifs is 2. The first-order chi connectivity index (χ1) is 13.8. The van der Waals surface area contributed by atoms with Crippen molar-refractivity contribution in [3.63, 3.8) is 0 Å². The van der Waals surface area contributed by atoms with Gasteiger partial charge < -0.3 is 5.32 Å². The van der Waals surface area contributed by atoms with Gasteiger partial charge in [0.25, 0.3) is 5.91 Å². The minimum atomic E-state index is -0.129. The van der Waals surface area contributed by atoms with Crippen LogP contribution < -0.4 is 5.32 Å². The number of carbonyl (C=O) groups excluding carboxylic acids is 1. The van der Waals surface area contributed by atoms with Gasteiger partial charge in [-0.15, -0.1) is 0 Å². The number of hydrogen-bond donors (Lipinski definition) is 1. The number of hydrogen-bond acceptors (Lipinski definition) is 4. The van der Waals surface area contributed by atoms with E-state index in [4.69, 9.17) is 0 Å². The molecule has 2 heterocycles. The fraction of sp³-hybridized carbons (Fsp3) is 0. The second kappa shape index (κ2) is 6.94. The minimum absolute atomic E-state index is 0.129. The van der Waals surface area contributed by atoms with Gasteiger partial charge in [0, 0.05) is 17.0 Å². The van der Waals surface area contributed by atoms with Gasteiger partial charge in [-0.3, -0.25) is 9.78 Å². The van der Waals surface area contributed by atoms with E-state index in [1.54, 1.807) is 6.20 Å². The molecule has 5 heteroatoms. The van der Waals surface area contributed by atoms with Crippen LogP contribution in [0, 0.1) is 0 Å². The molecule has 1 N–H and O–H groups in total. The summed E-state index contributed by atoms with van der Waals surface area (Å²) in [5.74, 6) is -0.129. The number of pyridine rings is 1. The summed E-state index contributed by atoms with van der Waals surface area (Å²) < 4.78 is 0. The SMILES string of the molecule is O=C1N/C(=N/c2cccc3ccccc23)S/C1=C\c1ccc2ncccc2c1. The highest BCUT2D eigenvalue weighted by atomic mass is 32.2. The van der Waals surface area contributed by atoms with Crippen molar-refractivity contribution in [3.05, 3.63) is 89.5 Å². The lowest BCUT2D eigenvalue weighted by Crippen LogP contribution is -2.19. The van der Waals surface area contributed by atoms with E-state index in [1.807, 2.05) is 66.7 Å². The van der Waals surface area contributed by atoms with E-state index >= 15 is 0 Å². The third-order valence-corrected chi connectivity index (χ3v) is 5.47. The Hall–Kier alpha value is -3.44. The summed E-state index contributed by atoms with van der Waals surface area (Å²) in [7, 11) is 0. The molecule has 0 aliphatic carbocycles. The summed E-state index contributed by atoms with van der Waals surface area (Å²) in [5, 5.41) is 6.69. The van der Waals surface area contributed by atoms with Crippen LogP contribution in [0.1, 0.15) is 5.56 Å². The van der Waals surface area contributed by atoms with Crippen molar-refractivity contribution in [2.45, 2.75) is 0 Å². The van der Waals surface area contributed by atoms with Crippen LogP contribution in [0.2, 0.25) is 0 Å². The summed E-state index contributed by atoms with van der Waals surface area (Å²) in [6.07, 6.45) is 3.66. The van der Waals surface area contributed by atoms with Gasteiger partial charge in [-0.1, -0.05) is 48.5 Å². The van der Waals surface area contributed by atoms with Crippen molar-refractivity contribution in [2.24, 2.45) is 4.99 Å². The smallest absolute Gasteiger partial charge is 0.264 e. The van der Waals surface area contributed by atoms with Crippen LogP contribution in [0.4, 0.5) is 5.69 Å². The van der Waals surface area contributed by atoms with E-state index in [1.165, 1.54) is 11.8 Å². The molecular weight excluding hydrogens is 366 g/mol. The third kappa shape index (κ3) is 3.17. The topological polar surface area (TPSA) is 54.4 Å². The zero-order valence-corrected chi connectivity index (χ0v) is 15.6. The van der Waals surface area contributed by atoms with Crippen LogP contribution in [0.15, 0.2) is 88.9 Å². The van der Waals surface area contributed by atoms with Gasteiger partial charge in [0.1, 0.15) is 0 Å². The first-order valence-corrected chi connectivity index (χ1v) is 9.70. The molecule has 5 rings (SSSR count). The number of carbonyl (C=O) groups is 1. The molecule has 0 bridgehead atoms. The van der Waals surface area contributed by atoms with Crippen LogP contribution in [0.3, 0.4) is 0 Å². The molecule has 134 valence electrons. The highest BCUT2D eigenvalue weighted by molar-refractivity contribution is 8.18. The molecule has 0 spiro atoms. The van der Waals surface area contributed by atoms with Gasteiger partial charge in [0.2, 0.25) is 0 Å². The lowest BCUT2D eigenvalue weighted by molar-refractivity contribution is -0.115. The summed E-state index contributed by atoms with van der Waals surface area (Å²) in [5.41, 5.74) is 2.75. The Morgan fingerprint density at radius 1 is 0.929 bits per heavy atom. The Morgan fingerprint density at radius 2 is 1.79 bits per heavy atom. The molecule has 1 amide bonds. The van der Waals surface area contributed by atoms with Gasteiger partial charge in [-0.25, -0.2) is 4.99 Å². The highest BCUT2D eigenvalue weighted by Gasteiger charge is 2.24. The first-order valence-electron chi connectivity index (χ1n) is 8.88. The predicted molar refractivity (Wildman–Crippen MR) is 116 cm³/mol. The molecular formula is C23H15N3OS. The summed E-state index contributed by atoms with van der Waals surface area (Å²) in [6.45, 7) is 0. The lowest BCUT2D eigenvalue weighted by Gasteiger charge is -2.02. The molecule has 4 aromatic rings. The number of benzene rings is 3. The lowest BCUT2D eigenvalue weighted by atomic mass is 10.1. The van der Waals surface area contributed by atoms with Crippen molar-refractivity contribution < 1.29 is 4.79 Å². The molecule has 0 unspecified atom stereocenters. The second-order valence-corrected chi connectivity index (χ2v) is 7.47. The number of aromatic nitrogens is 1. The van der Waals surface area contributed by atoms with Crippen LogP contribution in [0.25, 0.3) is 27.8 Å². The Kier molecular flexibility index (Phi) is 4.14. The Balaban J connectivity index is 1.47. The van der Waals surface area contributed by atoms with Gasteiger partial charge in [-0.05, 0) is 53.1 Å². The molecule has 1 aliphatic heterocycles. The Morgan fingerprint density at radius 3 is 2.75 bits per heavy atom. The fourth-order valence-corrected chi connectivity index (χ4v) is 4.07. The number of amides is 1. The molecule has 0 radical (unpaired) electrons. The maximum atomic E-state index is 12.4. The maximum Gasteiger partial charge on any atom is 0.264 e. The number of rotatable bonds is 2. The van der Waals surface area contributed by atoms with E-state index in [0.29, 0.717) is 10.1 Å². The molecule has 1 aliphatic rings. The molecule has 1 saturated heterocycles. The summed E-state index contributed by atoms with van der Waals surface area (Å²) in [4.78, 5) is 22.0. The molecule has 1 aromatic heterocycles. The number of amidine groups is 1. The van der Waals surface area contributed by atoms with Gasteiger partial charge in [0.15, 0.2) is 5.17 Å². The first kappa shape index (κ1) is 16.7. The Labute approximate surface area is 166 Å². The van der Waals surface area contributed by atoms with E-state index in [9.17, 15) is 4.79 Å². The van der Waals surface area contributed by atoms with Crippen molar-refractivity contribution in [1.82, 2.24) is 10.3 Å². The predicted octanol–water partition coefficient (Wildman–Crippen LogP) is 5.28. The Bertz CT molecular complexity index is 1290. The van der Waals surface area contributed by atoms with Crippen LogP contribution in [0.5, 0.6) is 0 Å². The van der Waals surface area contributed by atoms with Crippen LogP contribution in [-0.4, -0.2) is 16.1 Å². The van der Waals surface area contributed by atoms with E-state index < -0.39 is 0 Å². The highest BCUT2D eigenvalue weighted by Crippen LogP contribution is 2.31. The standard InChI is InChI=1S/C23H15N3OS/c27-22-21(14-15-10-11-19-17(13-15)7-4-12-24-19)28-23(26-22)25-20-9-3-6-16-5-1-2-8-18(16)20/h1-14H,(H,25,26,27)/b21-14-. The zero-order valence-electron chi connectivity index (χ0n) is 14.8. The quantitative estimate of drug-likeness (QED) is 0.481. The number of thioether (sulfide) groups is 1. The molecule has 28 heavy (non-hydrogen) atoms. The fourth-order valence-electron chi connectivity index (χ4n) is 3.23. The third-order valence-electron chi connectivity index (χ3n) is 4.56. The molecule has 1 fully saturated rings. The normalized spacial score (nSPS) is 16.9. The van der Waals surface area contributed by atoms with E-state index in [0.717, 1.165) is 32.9 Å². The van der Waals surface area contributed by atoms with Crippen molar-refractivity contribution in [2.75, 3.05) is 0 Å². The molecule has 0 atom stereocenters. The van der Waals surface area contributed by atoms with Crippen molar-refractivity contribution in [1.29, 1.82) is 0 Å². The maximum absolute atomic E-state index is 12.4. The number of aliphatic imine (C=N–C) groups is 1. The van der Waals surface area contributed by atoms with E-state index in [2.05, 4.69) is 27.4 Å². The van der Waals surface area contributed by atoms with Crippen molar-refractivity contribution >= 4 is 56.3 Å².